The summed E-state index contributed by atoms with van der Waals surface area (Å²) >= 11 is 1.47. The van der Waals surface area contributed by atoms with Gasteiger partial charge in [-0.15, -0.1) is 11.8 Å². The van der Waals surface area contributed by atoms with Crippen LogP contribution in [0.1, 0.15) is 25.0 Å². The molecular formula is C13H16N2O3S. The molecule has 0 aliphatic carbocycles. The van der Waals surface area contributed by atoms with Gasteiger partial charge in [-0.25, -0.2) is 0 Å². The number of aliphatic hydroxyl groups is 1. The number of hydrogen-bond donors (Lipinski definition) is 2. The minimum Gasteiger partial charge on any atom is -0.389 e. The first-order chi connectivity index (χ1) is 8.99. The second kappa shape index (κ2) is 5.63. The van der Waals surface area contributed by atoms with Crippen LogP contribution in [0.25, 0.3) is 0 Å². The van der Waals surface area contributed by atoms with E-state index in [1.165, 1.54) is 11.8 Å². The summed E-state index contributed by atoms with van der Waals surface area (Å²) in [5, 5.41) is 9.61. The van der Waals surface area contributed by atoms with E-state index in [1.807, 2.05) is 12.1 Å². The van der Waals surface area contributed by atoms with E-state index in [1.54, 1.807) is 17.9 Å². The van der Waals surface area contributed by atoms with Gasteiger partial charge in [0.25, 0.3) is 0 Å². The minimum absolute atomic E-state index is 0.0403. The highest BCUT2D eigenvalue weighted by Gasteiger charge is 2.25. The molecule has 0 spiro atoms. The molecule has 1 aromatic rings. The summed E-state index contributed by atoms with van der Waals surface area (Å²) in [4.78, 5) is 25.4. The molecule has 1 aromatic carbocycles. The topological polar surface area (TPSA) is 83.6 Å². The van der Waals surface area contributed by atoms with Gasteiger partial charge in [-0.05, 0) is 24.6 Å². The normalized spacial score (nSPS) is 16.1. The van der Waals surface area contributed by atoms with Crippen molar-refractivity contribution in [2.45, 2.75) is 24.3 Å². The highest BCUT2D eigenvalue weighted by Crippen LogP contribution is 2.37. The van der Waals surface area contributed by atoms with Crippen molar-refractivity contribution in [2.24, 2.45) is 5.73 Å². The number of nitrogens with two attached hydrogens (primary N) is 1. The van der Waals surface area contributed by atoms with Crippen molar-refractivity contribution in [3.05, 3.63) is 23.8 Å². The van der Waals surface area contributed by atoms with Crippen LogP contribution in [0.5, 0.6) is 0 Å². The van der Waals surface area contributed by atoms with Crippen LogP contribution in [-0.4, -0.2) is 29.2 Å². The lowest BCUT2D eigenvalue weighted by molar-refractivity contribution is -0.118. The van der Waals surface area contributed by atoms with Gasteiger partial charge in [0.05, 0.1) is 17.5 Å². The van der Waals surface area contributed by atoms with Crippen molar-refractivity contribution in [2.75, 3.05) is 17.2 Å². The number of benzene rings is 1. The average Bonchev–Trinajstić information content (AvgIpc) is 2.36. The summed E-state index contributed by atoms with van der Waals surface area (Å²) in [6, 6.07) is 5.54. The molecular weight excluding hydrogens is 264 g/mol. The Morgan fingerprint density at radius 3 is 2.95 bits per heavy atom. The van der Waals surface area contributed by atoms with Gasteiger partial charge in [-0.1, -0.05) is 6.07 Å². The van der Waals surface area contributed by atoms with E-state index in [0.29, 0.717) is 5.75 Å². The molecule has 0 fully saturated rings. The average molecular weight is 280 g/mol. The zero-order chi connectivity index (χ0) is 14.0. The monoisotopic (exact) mass is 280 g/mol. The first kappa shape index (κ1) is 13.9. The van der Waals surface area contributed by atoms with Gasteiger partial charge in [-0.2, -0.15) is 0 Å². The molecule has 0 radical (unpaired) electrons. The van der Waals surface area contributed by atoms with E-state index in [0.717, 1.165) is 16.1 Å². The maximum atomic E-state index is 11.9. The molecule has 1 unspecified atom stereocenters. The van der Waals surface area contributed by atoms with Crippen LogP contribution in [0.15, 0.2) is 23.1 Å². The second-order valence-electron chi connectivity index (χ2n) is 4.45. The Kier molecular flexibility index (Phi) is 4.11. The van der Waals surface area contributed by atoms with Gasteiger partial charge in [0.15, 0.2) is 0 Å². The lowest BCUT2D eigenvalue weighted by Crippen LogP contribution is -2.37. The number of carbonyl (C=O) groups excluding carboxylic acids is 2. The van der Waals surface area contributed by atoms with Crippen LogP contribution >= 0.6 is 11.8 Å². The van der Waals surface area contributed by atoms with Crippen molar-refractivity contribution in [3.63, 3.8) is 0 Å². The molecule has 5 nitrogen and oxygen atoms in total. The number of aliphatic hydroxyl groups excluding tert-OH is 1. The molecule has 1 aliphatic rings. The number of anilines is 1. The van der Waals surface area contributed by atoms with Gasteiger partial charge in [-0.3, -0.25) is 9.59 Å². The lowest BCUT2D eigenvalue weighted by atomic mass is 10.1. The van der Waals surface area contributed by atoms with Crippen LogP contribution in [0, 0.1) is 0 Å². The van der Waals surface area contributed by atoms with Crippen LogP contribution in [0.4, 0.5) is 5.69 Å². The molecule has 102 valence electrons. The summed E-state index contributed by atoms with van der Waals surface area (Å²) in [7, 11) is 0. The largest absolute Gasteiger partial charge is 0.389 e. The molecule has 0 saturated carbocycles. The molecule has 19 heavy (non-hydrogen) atoms. The predicted molar refractivity (Wildman–Crippen MR) is 74.0 cm³/mol. The Bertz CT molecular complexity index is 517. The zero-order valence-corrected chi connectivity index (χ0v) is 11.4. The van der Waals surface area contributed by atoms with Gasteiger partial charge >= 0.3 is 0 Å². The predicted octanol–water partition coefficient (Wildman–Crippen LogP) is 1.05. The summed E-state index contributed by atoms with van der Waals surface area (Å²) < 4.78 is 0. The van der Waals surface area contributed by atoms with Crippen LogP contribution in [0.2, 0.25) is 0 Å². The molecule has 3 N–H and O–H groups in total. The first-order valence-electron chi connectivity index (χ1n) is 6.02. The Hall–Kier alpha value is -1.53. The standard InChI is InChI=1S/C13H16N2O3S/c1-8(16)9-2-3-11-10(6-9)15(5-4-12(14)17)13(18)7-19-11/h2-3,6,8,16H,4-5,7H2,1H3,(H2,14,17). The fraction of sp³-hybridized carbons (Fsp3) is 0.385. The number of thioether (sulfide) groups is 1. The van der Waals surface area contributed by atoms with Crippen molar-refractivity contribution in [1.82, 2.24) is 0 Å². The van der Waals surface area contributed by atoms with Gasteiger partial charge in [0.2, 0.25) is 11.8 Å². The molecule has 1 heterocycles. The molecule has 2 amide bonds. The number of hydrogen-bond acceptors (Lipinski definition) is 4. The van der Waals surface area contributed by atoms with Crippen LogP contribution in [0.3, 0.4) is 0 Å². The van der Waals surface area contributed by atoms with Gasteiger partial charge < -0.3 is 15.7 Å². The maximum absolute atomic E-state index is 11.9. The zero-order valence-electron chi connectivity index (χ0n) is 10.6. The number of fused-ring (bicyclic) bond motifs is 1. The molecule has 2 rings (SSSR count). The van der Waals surface area contributed by atoms with Crippen molar-refractivity contribution in [1.29, 1.82) is 0 Å². The third-order valence-electron chi connectivity index (χ3n) is 2.99. The number of carbonyl (C=O) groups is 2. The Morgan fingerprint density at radius 2 is 2.32 bits per heavy atom. The SMILES string of the molecule is CC(O)c1ccc2c(c1)N(CCC(N)=O)C(=O)CS2. The molecule has 6 heteroatoms. The minimum atomic E-state index is -0.592. The highest BCUT2D eigenvalue weighted by atomic mass is 32.2. The first-order valence-corrected chi connectivity index (χ1v) is 7.01. The van der Waals surface area contributed by atoms with Crippen LogP contribution < -0.4 is 10.6 Å². The molecule has 0 saturated heterocycles. The third kappa shape index (κ3) is 3.08. The van der Waals surface area contributed by atoms with E-state index in [2.05, 4.69) is 0 Å². The van der Waals surface area contributed by atoms with E-state index in [9.17, 15) is 14.7 Å². The number of rotatable bonds is 4. The maximum Gasteiger partial charge on any atom is 0.237 e. The summed E-state index contributed by atoms with van der Waals surface area (Å²) in [5.74, 6) is -0.111. The van der Waals surface area contributed by atoms with Crippen LogP contribution in [-0.2, 0) is 9.59 Å². The highest BCUT2D eigenvalue weighted by molar-refractivity contribution is 8.00. The van der Waals surface area contributed by atoms with Gasteiger partial charge in [0.1, 0.15) is 0 Å². The van der Waals surface area contributed by atoms with Crippen molar-refractivity contribution in [3.8, 4) is 0 Å². The molecule has 1 atom stereocenters. The number of amides is 2. The number of nitrogens with zero attached hydrogens (tertiary/aromatic N) is 1. The summed E-state index contributed by atoms with van der Waals surface area (Å²) in [6.45, 7) is 1.96. The third-order valence-corrected chi connectivity index (χ3v) is 4.04. The fourth-order valence-corrected chi connectivity index (χ4v) is 2.86. The fourth-order valence-electron chi connectivity index (χ4n) is 1.95. The van der Waals surface area contributed by atoms with E-state index in [4.69, 9.17) is 5.73 Å². The molecule has 0 bridgehead atoms. The summed E-state index contributed by atoms with van der Waals surface area (Å²) in [5.41, 5.74) is 6.63. The quantitative estimate of drug-likeness (QED) is 0.863. The van der Waals surface area contributed by atoms with E-state index in [-0.39, 0.29) is 18.9 Å². The second-order valence-corrected chi connectivity index (χ2v) is 5.47. The lowest BCUT2D eigenvalue weighted by Gasteiger charge is -2.29. The van der Waals surface area contributed by atoms with Crippen molar-refractivity contribution >= 4 is 29.3 Å². The van der Waals surface area contributed by atoms with E-state index < -0.39 is 12.0 Å². The summed E-state index contributed by atoms with van der Waals surface area (Å²) in [6.07, 6.45) is -0.459. The Morgan fingerprint density at radius 1 is 1.58 bits per heavy atom. The Labute approximate surface area is 115 Å². The molecule has 1 aliphatic heterocycles. The smallest absolute Gasteiger partial charge is 0.237 e. The molecule has 0 aromatic heterocycles. The number of primary amides is 1. The van der Waals surface area contributed by atoms with Gasteiger partial charge in [0, 0.05) is 17.9 Å². The van der Waals surface area contributed by atoms with E-state index >= 15 is 0 Å². The Balaban J connectivity index is 2.32. The van der Waals surface area contributed by atoms with Crippen molar-refractivity contribution < 1.29 is 14.7 Å².